The Hall–Kier alpha value is -3.86. The van der Waals surface area contributed by atoms with Crippen molar-refractivity contribution < 1.29 is 4.79 Å². The topological polar surface area (TPSA) is 67.9 Å². The number of fused-ring (bicyclic) bond motifs is 3. The van der Waals surface area contributed by atoms with E-state index in [1.54, 1.807) is 12.1 Å². The van der Waals surface area contributed by atoms with Crippen molar-refractivity contribution in [2.45, 2.75) is 44.7 Å². The van der Waals surface area contributed by atoms with E-state index in [2.05, 4.69) is 18.2 Å². The molecule has 1 saturated heterocycles. The van der Waals surface area contributed by atoms with Crippen LogP contribution >= 0.6 is 11.6 Å². The van der Waals surface area contributed by atoms with Gasteiger partial charge in [-0.1, -0.05) is 60.7 Å². The van der Waals surface area contributed by atoms with E-state index < -0.39 is 23.4 Å². The third-order valence-corrected chi connectivity index (χ3v) is 8.17. The van der Waals surface area contributed by atoms with Crippen molar-refractivity contribution in [2.24, 2.45) is 5.41 Å². The highest BCUT2D eigenvalue weighted by atomic mass is 35.5. The van der Waals surface area contributed by atoms with Crippen molar-refractivity contribution in [1.82, 2.24) is 4.90 Å². The van der Waals surface area contributed by atoms with Gasteiger partial charge in [0.25, 0.3) is 0 Å². The van der Waals surface area contributed by atoms with Gasteiger partial charge in [-0.25, -0.2) is 0 Å². The summed E-state index contributed by atoms with van der Waals surface area (Å²) in [5.74, 6) is -0.464. The predicted octanol–water partition coefficient (Wildman–Crippen LogP) is 6.76. The number of carbonyl (C=O) groups excluding carboxylic acids is 1. The fraction of sp³-hybridized carbons (Fsp3) is 0.258. The maximum atomic E-state index is 14.2. The molecule has 0 radical (unpaired) electrons. The average molecular weight is 492 g/mol. The molecule has 3 aromatic carbocycles. The molecule has 5 heteroatoms. The Morgan fingerprint density at radius 3 is 2.33 bits per heavy atom. The molecule has 3 atom stereocenters. The quantitative estimate of drug-likeness (QED) is 0.298. The van der Waals surface area contributed by atoms with E-state index in [9.17, 15) is 15.3 Å². The first-order valence-electron chi connectivity index (χ1n) is 12.0. The summed E-state index contributed by atoms with van der Waals surface area (Å²) in [7, 11) is 0. The number of hydrogen-bond acceptors (Lipinski definition) is 4. The SMILES string of the molecule is Cc1cc(C)c([C@@H]2[C@H](C(=O)c3ccccc3)N3C=Cc4ccccc4[C@H]3C2(C#N)C#N)c(C)c1CCl. The molecule has 0 aliphatic carbocycles. The Balaban J connectivity index is 1.85. The largest absolute Gasteiger partial charge is 0.357 e. The zero-order valence-corrected chi connectivity index (χ0v) is 21.3. The van der Waals surface area contributed by atoms with Crippen molar-refractivity contribution in [3.05, 3.63) is 111 Å². The smallest absolute Gasteiger partial charge is 0.185 e. The molecule has 178 valence electrons. The number of halogens is 1. The third kappa shape index (κ3) is 3.29. The number of Topliss-reactive ketones (excluding diaryl/α,β-unsaturated/α-hetero) is 1. The number of hydrogen-bond donors (Lipinski definition) is 0. The highest BCUT2D eigenvalue weighted by Crippen LogP contribution is 2.61. The average Bonchev–Trinajstić information content (AvgIpc) is 3.19. The predicted molar refractivity (Wildman–Crippen MR) is 141 cm³/mol. The number of alkyl halides is 1. The van der Waals surface area contributed by atoms with Crippen LogP contribution in [0, 0.1) is 48.8 Å². The molecular weight excluding hydrogens is 466 g/mol. The van der Waals surface area contributed by atoms with E-state index >= 15 is 0 Å². The minimum absolute atomic E-state index is 0.103. The van der Waals surface area contributed by atoms with Gasteiger partial charge in [0.2, 0.25) is 0 Å². The Morgan fingerprint density at radius 1 is 1.00 bits per heavy atom. The Morgan fingerprint density at radius 2 is 1.67 bits per heavy atom. The maximum absolute atomic E-state index is 14.2. The van der Waals surface area contributed by atoms with Gasteiger partial charge in [0.15, 0.2) is 11.2 Å². The number of nitriles is 2. The lowest BCUT2D eigenvalue weighted by Crippen LogP contribution is -2.38. The summed E-state index contributed by atoms with van der Waals surface area (Å²) >= 11 is 6.37. The molecule has 0 N–H and O–H groups in total. The molecule has 2 heterocycles. The Kier molecular flexibility index (Phi) is 5.95. The minimum Gasteiger partial charge on any atom is -0.357 e. The van der Waals surface area contributed by atoms with Crippen LogP contribution in [0.25, 0.3) is 6.08 Å². The van der Waals surface area contributed by atoms with E-state index in [4.69, 9.17) is 11.6 Å². The summed E-state index contributed by atoms with van der Waals surface area (Å²) in [5, 5.41) is 21.6. The maximum Gasteiger partial charge on any atom is 0.185 e. The summed E-state index contributed by atoms with van der Waals surface area (Å²) < 4.78 is 0. The lowest BCUT2D eigenvalue weighted by molar-refractivity contribution is 0.0874. The fourth-order valence-electron chi connectivity index (χ4n) is 6.31. The molecular formula is C31H26ClN3O. The number of benzene rings is 3. The van der Waals surface area contributed by atoms with Gasteiger partial charge in [0.1, 0.15) is 6.04 Å². The molecule has 0 unspecified atom stereocenters. The molecule has 5 rings (SSSR count). The van der Waals surface area contributed by atoms with E-state index in [-0.39, 0.29) is 5.78 Å². The highest BCUT2D eigenvalue weighted by Gasteiger charge is 2.64. The highest BCUT2D eigenvalue weighted by molar-refractivity contribution is 6.17. The van der Waals surface area contributed by atoms with Gasteiger partial charge in [-0.15, -0.1) is 11.6 Å². The molecule has 36 heavy (non-hydrogen) atoms. The molecule has 0 bridgehead atoms. The lowest BCUT2D eigenvalue weighted by Gasteiger charge is -2.34. The molecule has 2 aliphatic rings. The van der Waals surface area contributed by atoms with Crippen molar-refractivity contribution in [2.75, 3.05) is 0 Å². The van der Waals surface area contributed by atoms with Crippen LogP contribution in [0.4, 0.5) is 0 Å². The van der Waals surface area contributed by atoms with Crippen molar-refractivity contribution in [3.63, 3.8) is 0 Å². The molecule has 2 aliphatic heterocycles. The Labute approximate surface area is 217 Å². The number of carbonyl (C=O) groups is 1. The van der Waals surface area contributed by atoms with Crippen LogP contribution in [-0.2, 0) is 5.88 Å². The zero-order valence-electron chi connectivity index (χ0n) is 20.5. The van der Waals surface area contributed by atoms with Gasteiger partial charge in [-0.2, -0.15) is 10.5 Å². The third-order valence-electron chi connectivity index (χ3n) is 7.91. The minimum atomic E-state index is -1.50. The Bertz CT molecular complexity index is 1460. The van der Waals surface area contributed by atoms with Gasteiger partial charge in [0.05, 0.1) is 18.2 Å². The van der Waals surface area contributed by atoms with E-state index in [1.807, 2.05) is 80.4 Å². The van der Waals surface area contributed by atoms with E-state index in [0.29, 0.717) is 11.4 Å². The van der Waals surface area contributed by atoms with Crippen LogP contribution in [0.3, 0.4) is 0 Å². The summed E-state index contributed by atoms with van der Waals surface area (Å²) in [6, 6.07) is 22.6. The monoisotopic (exact) mass is 491 g/mol. The second-order valence-corrected chi connectivity index (χ2v) is 9.97. The van der Waals surface area contributed by atoms with Crippen LogP contribution in [0.5, 0.6) is 0 Å². The normalized spacial score (nSPS) is 21.3. The first-order chi connectivity index (χ1) is 17.4. The molecule has 0 aromatic heterocycles. The van der Waals surface area contributed by atoms with Gasteiger partial charge in [-0.05, 0) is 65.8 Å². The standard InChI is InChI=1S/C31H26ClN3O/c1-19-15-20(2)26(21(3)25(19)16-32)27-28(29(36)23-10-5-4-6-11-23)35-14-13-22-9-7-8-12-24(22)30(35)31(27,17-33)18-34/h4-15,27-28,30H,16H2,1-3H3/t27-,28-,30+/m1/s1. The van der Waals surface area contributed by atoms with E-state index in [0.717, 1.165) is 38.9 Å². The van der Waals surface area contributed by atoms with Gasteiger partial charge in [-0.3, -0.25) is 4.79 Å². The van der Waals surface area contributed by atoms with Gasteiger partial charge < -0.3 is 4.90 Å². The number of ketones is 1. The molecule has 1 fully saturated rings. The molecule has 3 aromatic rings. The first-order valence-corrected chi connectivity index (χ1v) is 12.5. The molecule has 4 nitrogen and oxygen atoms in total. The second kappa shape index (κ2) is 8.98. The van der Waals surface area contributed by atoms with Gasteiger partial charge >= 0.3 is 0 Å². The van der Waals surface area contributed by atoms with Crippen LogP contribution in [0.1, 0.15) is 61.3 Å². The summed E-state index contributed by atoms with van der Waals surface area (Å²) in [4.78, 5) is 16.2. The first kappa shape index (κ1) is 23.9. The van der Waals surface area contributed by atoms with Crippen LogP contribution < -0.4 is 0 Å². The molecule has 0 amide bonds. The fourth-order valence-corrected chi connectivity index (χ4v) is 6.72. The van der Waals surface area contributed by atoms with Crippen LogP contribution in [-0.4, -0.2) is 16.7 Å². The van der Waals surface area contributed by atoms with Crippen LogP contribution in [0.15, 0.2) is 66.9 Å². The van der Waals surface area contributed by atoms with Crippen molar-refractivity contribution >= 4 is 23.5 Å². The summed E-state index contributed by atoms with van der Waals surface area (Å²) in [6.07, 6.45) is 3.86. The van der Waals surface area contributed by atoms with Gasteiger partial charge in [0, 0.05) is 23.6 Å². The van der Waals surface area contributed by atoms with Crippen molar-refractivity contribution in [3.8, 4) is 12.1 Å². The second-order valence-electron chi connectivity index (χ2n) is 9.70. The zero-order chi connectivity index (χ0) is 25.6. The molecule has 0 saturated carbocycles. The van der Waals surface area contributed by atoms with E-state index in [1.165, 1.54) is 0 Å². The van der Waals surface area contributed by atoms with Crippen LogP contribution in [0.2, 0.25) is 0 Å². The number of nitrogens with zero attached hydrogens (tertiary/aromatic N) is 3. The molecule has 0 spiro atoms. The summed E-state index contributed by atoms with van der Waals surface area (Å²) in [6.45, 7) is 6.02. The van der Waals surface area contributed by atoms with Crippen molar-refractivity contribution in [1.29, 1.82) is 10.5 Å². The number of aryl methyl sites for hydroxylation is 2. The lowest BCUT2D eigenvalue weighted by atomic mass is 9.65. The summed E-state index contributed by atoms with van der Waals surface area (Å²) in [5.41, 5.74) is 5.73. The number of rotatable bonds is 4.